The number of nitrogens with zero attached hydrogens (tertiary/aromatic N) is 3. The van der Waals surface area contributed by atoms with Crippen molar-refractivity contribution in [1.29, 1.82) is 0 Å². The monoisotopic (exact) mass is 410 g/mol. The van der Waals surface area contributed by atoms with Gasteiger partial charge in [-0.2, -0.15) is 0 Å². The first kappa shape index (κ1) is 21.3. The molecule has 0 radical (unpaired) electrons. The summed E-state index contributed by atoms with van der Waals surface area (Å²) in [5, 5.41) is 3.00. The number of aromatic nitrogens is 3. The largest absolute Gasteiger partial charge is 0.493 e. The number of nitrogens with one attached hydrogen (secondary N) is 1. The van der Waals surface area contributed by atoms with Gasteiger partial charge in [0, 0.05) is 24.5 Å². The third-order valence-electron chi connectivity index (χ3n) is 5.23. The van der Waals surface area contributed by atoms with Crippen LogP contribution in [0.5, 0.6) is 5.75 Å². The molecule has 0 saturated heterocycles. The molecular formula is C22H26N4O4. The van der Waals surface area contributed by atoms with Crippen LogP contribution in [0.2, 0.25) is 0 Å². The average molecular weight is 410 g/mol. The molecule has 1 amide bonds. The second-order valence-electron chi connectivity index (χ2n) is 7.13. The maximum atomic E-state index is 13.2. The molecule has 0 aliphatic carbocycles. The molecule has 8 nitrogen and oxygen atoms in total. The number of anilines is 1. The van der Waals surface area contributed by atoms with E-state index in [0.29, 0.717) is 24.5 Å². The Kier molecular flexibility index (Phi) is 6.05. The Morgan fingerprint density at radius 1 is 1.20 bits per heavy atom. The molecule has 1 aromatic carbocycles. The van der Waals surface area contributed by atoms with Gasteiger partial charge in [0.1, 0.15) is 17.7 Å². The van der Waals surface area contributed by atoms with Crippen molar-refractivity contribution in [2.45, 2.75) is 40.7 Å². The van der Waals surface area contributed by atoms with Crippen molar-refractivity contribution < 1.29 is 9.53 Å². The summed E-state index contributed by atoms with van der Waals surface area (Å²) < 4.78 is 7.92. The number of rotatable bonds is 6. The molecule has 3 rings (SSSR count). The van der Waals surface area contributed by atoms with Crippen molar-refractivity contribution in [2.24, 2.45) is 7.05 Å². The predicted octanol–water partition coefficient (Wildman–Crippen LogP) is 2.31. The number of benzene rings is 1. The first-order valence-electron chi connectivity index (χ1n) is 9.90. The van der Waals surface area contributed by atoms with Crippen LogP contribution in [0, 0.1) is 13.8 Å². The highest BCUT2D eigenvalue weighted by Crippen LogP contribution is 2.25. The number of hydrogen-bond acceptors (Lipinski definition) is 5. The molecule has 0 unspecified atom stereocenters. The molecular weight excluding hydrogens is 384 g/mol. The molecule has 8 heteroatoms. The Morgan fingerprint density at radius 3 is 2.60 bits per heavy atom. The number of ether oxygens (including phenoxy) is 1. The summed E-state index contributed by atoms with van der Waals surface area (Å²) in [5.41, 5.74) is 2.42. The van der Waals surface area contributed by atoms with Gasteiger partial charge in [-0.3, -0.25) is 14.2 Å². The summed E-state index contributed by atoms with van der Waals surface area (Å²) in [6.07, 6.45) is 2.23. The van der Waals surface area contributed by atoms with Crippen LogP contribution in [-0.2, 0) is 24.8 Å². The van der Waals surface area contributed by atoms with Gasteiger partial charge in [0.05, 0.1) is 6.61 Å². The number of pyridine rings is 1. The van der Waals surface area contributed by atoms with Crippen molar-refractivity contribution in [3.05, 3.63) is 61.9 Å². The molecule has 1 N–H and O–H groups in total. The number of aryl methyl sites for hydroxylation is 3. The van der Waals surface area contributed by atoms with Crippen molar-refractivity contribution in [1.82, 2.24) is 14.1 Å². The molecule has 30 heavy (non-hydrogen) atoms. The van der Waals surface area contributed by atoms with E-state index in [0.717, 1.165) is 21.3 Å². The van der Waals surface area contributed by atoms with Gasteiger partial charge in [-0.1, -0.05) is 19.1 Å². The lowest BCUT2D eigenvalue weighted by Gasteiger charge is -2.15. The van der Waals surface area contributed by atoms with Crippen LogP contribution in [0.4, 0.5) is 5.69 Å². The maximum absolute atomic E-state index is 13.2. The molecule has 0 bridgehead atoms. The minimum atomic E-state index is -0.609. The predicted molar refractivity (Wildman–Crippen MR) is 116 cm³/mol. The highest BCUT2D eigenvalue weighted by atomic mass is 16.5. The topological polar surface area (TPSA) is 95.2 Å². The Hall–Kier alpha value is -3.42. The van der Waals surface area contributed by atoms with E-state index in [4.69, 9.17) is 4.74 Å². The zero-order valence-corrected chi connectivity index (χ0v) is 17.9. The van der Waals surface area contributed by atoms with E-state index in [2.05, 4.69) is 10.3 Å². The van der Waals surface area contributed by atoms with E-state index < -0.39 is 23.7 Å². The van der Waals surface area contributed by atoms with E-state index in [1.165, 1.54) is 11.6 Å². The van der Waals surface area contributed by atoms with E-state index in [-0.39, 0.29) is 11.0 Å². The van der Waals surface area contributed by atoms with Crippen LogP contribution in [0.1, 0.15) is 30.5 Å². The van der Waals surface area contributed by atoms with Crippen molar-refractivity contribution >= 4 is 22.6 Å². The van der Waals surface area contributed by atoms with Crippen molar-refractivity contribution in [3.8, 4) is 5.75 Å². The van der Waals surface area contributed by atoms with E-state index in [1.807, 2.05) is 39.8 Å². The van der Waals surface area contributed by atoms with Gasteiger partial charge < -0.3 is 10.1 Å². The maximum Gasteiger partial charge on any atom is 0.332 e. The van der Waals surface area contributed by atoms with Gasteiger partial charge in [-0.05, 0) is 44.4 Å². The molecule has 0 aliphatic heterocycles. The van der Waals surface area contributed by atoms with E-state index in [1.54, 1.807) is 12.3 Å². The molecule has 0 saturated carbocycles. The van der Waals surface area contributed by atoms with Crippen LogP contribution in [-0.4, -0.2) is 26.6 Å². The Morgan fingerprint density at radius 2 is 1.93 bits per heavy atom. The summed E-state index contributed by atoms with van der Waals surface area (Å²) in [6.45, 7) is 7.56. The minimum absolute atomic E-state index is 0.206. The highest BCUT2D eigenvalue weighted by Gasteiger charge is 2.20. The Labute approximate surface area is 174 Å². The van der Waals surface area contributed by atoms with Crippen molar-refractivity contribution in [3.63, 3.8) is 0 Å². The molecule has 2 aromatic heterocycles. The number of carbonyl (C=O) groups is 1. The second kappa shape index (κ2) is 8.52. The quantitative estimate of drug-likeness (QED) is 0.673. The number of fused-ring (bicyclic) bond motifs is 1. The van der Waals surface area contributed by atoms with Gasteiger partial charge in [0.2, 0.25) is 5.91 Å². The number of carbonyl (C=O) groups excluding carboxylic acids is 1. The molecule has 0 atom stereocenters. The summed E-state index contributed by atoms with van der Waals surface area (Å²) in [7, 11) is 1.53. The normalized spacial score (nSPS) is 11.0. The molecule has 3 aromatic rings. The second-order valence-corrected chi connectivity index (χ2v) is 7.13. The SMILES string of the molecule is CCOc1c(CC)cnc2c1c(=O)n(CC(=O)Nc1cccc(C)c1C)c(=O)n2C. The minimum Gasteiger partial charge on any atom is -0.493 e. The Balaban J connectivity index is 2.11. The number of hydrogen-bond donors (Lipinski definition) is 1. The first-order valence-corrected chi connectivity index (χ1v) is 9.90. The van der Waals surface area contributed by atoms with Crippen molar-refractivity contribution in [2.75, 3.05) is 11.9 Å². The molecule has 2 heterocycles. The third kappa shape index (κ3) is 3.72. The van der Waals surface area contributed by atoms with Crippen LogP contribution in [0.15, 0.2) is 34.0 Å². The van der Waals surface area contributed by atoms with E-state index in [9.17, 15) is 14.4 Å². The van der Waals surface area contributed by atoms with Crippen LogP contribution >= 0.6 is 0 Å². The van der Waals surface area contributed by atoms with Crippen LogP contribution in [0.3, 0.4) is 0 Å². The zero-order valence-electron chi connectivity index (χ0n) is 17.9. The molecule has 0 fully saturated rings. The molecule has 158 valence electrons. The van der Waals surface area contributed by atoms with Crippen LogP contribution < -0.4 is 21.3 Å². The van der Waals surface area contributed by atoms with Gasteiger partial charge in [-0.25, -0.2) is 14.3 Å². The first-order chi connectivity index (χ1) is 14.3. The van der Waals surface area contributed by atoms with Gasteiger partial charge in [-0.15, -0.1) is 0 Å². The molecule has 0 aliphatic rings. The lowest BCUT2D eigenvalue weighted by atomic mass is 10.1. The van der Waals surface area contributed by atoms with Gasteiger partial charge in [0.15, 0.2) is 5.65 Å². The fourth-order valence-electron chi connectivity index (χ4n) is 3.39. The number of amides is 1. The Bertz CT molecular complexity index is 1240. The summed E-state index contributed by atoms with van der Waals surface area (Å²) in [6, 6.07) is 5.57. The zero-order chi connectivity index (χ0) is 22.0. The van der Waals surface area contributed by atoms with E-state index >= 15 is 0 Å². The van der Waals surface area contributed by atoms with Gasteiger partial charge in [0.25, 0.3) is 5.56 Å². The average Bonchev–Trinajstić information content (AvgIpc) is 2.73. The summed E-state index contributed by atoms with van der Waals surface area (Å²) in [4.78, 5) is 43.0. The summed E-state index contributed by atoms with van der Waals surface area (Å²) >= 11 is 0. The smallest absolute Gasteiger partial charge is 0.332 e. The fourth-order valence-corrected chi connectivity index (χ4v) is 3.39. The summed E-state index contributed by atoms with van der Waals surface area (Å²) in [5.74, 6) is -0.0471. The lowest BCUT2D eigenvalue weighted by Crippen LogP contribution is -2.42. The van der Waals surface area contributed by atoms with Crippen LogP contribution in [0.25, 0.3) is 11.0 Å². The van der Waals surface area contributed by atoms with Gasteiger partial charge >= 0.3 is 5.69 Å². The fraction of sp³-hybridized carbons (Fsp3) is 0.364. The highest BCUT2D eigenvalue weighted by molar-refractivity contribution is 5.92. The third-order valence-corrected chi connectivity index (χ3v) is 5.23. The standard InChI is InChI=1S/C22H26N4O4/c1-6-15-11-23-20-18(19(15)30-7-2)21(28)26(22(29)25(20)5)12-17(27)24-16-10-8-9-13(3)14(16)4/h8-11H,6-7,12H2,1-5H3,(H,24,27). The molecule has 0 spiro atoms. The lowest BCUT2D eigenvalue weighted by molar-refractivity contribution is -0.116.